The van der Waals surface area contributed by atoms with Crippen molar-refractivity contribution in [3.63, 3.8) is 0 Å². The summed E-state index contributed by atoms with van der Waals surface area (Å²) in [5.74, 6) is 0. The topological polar surface area (TPSA) is 139 Å². The van der Waals surface area contributed by atoms with E-state index in [1.165, 1.54) is 11.6 Å². The molecular formula is C23H32Cl2N4O5S2. The Morgan fingerprint density at radius 3 is 2.47 bits per heavy atom. The van der Waals surface area contributed by atoms with Crippen molar-refractivity contribution in [3.8, 4) is 10.4 Å². The molecule has 3 aromatic rings. The molecule has 3 aromatic heterocycles. The van der Waals surface area contributed by atoms with Crippen LogP contribution in [-0.2, 0) is 21.3 Å². The Morgan fingerprint density at radius 1 is 1.25 bits per heavy atom. The summed E-state index contributed by atoms with van der Waals surface area (Å²) in [6.45, 7) is 7.78. The SMILES string of the molecule is CCc1cc(-c2ccc(S(=O)(=O)O)s2)c(C)[nH]c1=O.Cl.Cl.NCC(c1cccnc1)N1CCOCC1. The maximum absolute atomic E-state index is 11.6. The minimum atomic E-state index is -4.18. The average molecular weight is 580 g/mol. The highest BCUT2D eigenvalue weighted by Crippen LogP contribution is 2.32. The third-order valence-electron chi connectivity index (χ3n) is 5.58. The van der Waals surface area contributed by atoms with Gasteiger partial charge in [0.15, 0.2) is 0 Å². The van der Waals surface area contributed by atoms with Gasteiger partial charge >= 0.3 is 10.1 Å². The molecule has 0 amide bonds. The van der Waals surface area contributed by atoms with E-state index in [0.29, 0.717) is 29.1 Å². The number of morpholine rings is 1. The Labute approximate surface area is 227 Å². The van der Waals surface area contributed by atoms with Crippen LogP contribution in [0, 0.1) is 6.92 Å². The van der Waals surface area contributed by atoms with E-state index in [4.69, 9.17) is 15.0 Å². The zero-order valence-electron chi connectivity index (χ0n) is 20.0. The molecule has 1 saturated heterocycles. The molecule has 1 aliphatic rings. The summed E-state index contributed by atoms with van der Waals surface area (Å²) in [4.78, 5) is 21.6. The van der Waals surface area contributed by atoms with Crippen molar-refractivity contribution in [2.45, 2.75) is 30.5 Å². The fourth-order valence-corrected chi connectivity index (χ4v) is 5.49. The first-order valence-electron chi connectivity index (χ1n) is 11.0. The van der Waals surface area contributed by atoms with Crippen LogP contribution in [0.5, 0.6) is 0 Å². The van der Waals surface area contributed by atoms with Crippen LogP contribution in [0.4, 0.5) is 0 Å². The van der Waals surface area contributed by atoms with E-state index in [1.807, 2.05) is 19.2 Å². The minimum absolute atomic E-state index is 0. The molecule has 36 heavy (non-hydrogen) atoms. The van der Waals surface area contributed by atoms with Gasteiger partial charge < -0.3 is 15.5 Å². The number of rotatable bonds is 6. The number of nitrogens with two attached hydrogens (primary N) is 1. The van der Waals surface area contributed by atoms with Crippen molar-refractivity contribution >= 4 is 46.3 Å². The molecule has 13 heteroatoms. The van der Waals surface area contributed by atoms with Gasteiger partial charge in [-0.1, -0.05) is 13.0 Å². The summed E-state index contributed by atoms with van der Waals surface area (Å²) in [6, 6.07) is 9.05. The zero-order valence-corrected chi connectivity index (χ0v) is 23.3. The van der Waals surface area contributed by atoms with Gasteiger partial charge in [-0.25, -0.2) is 0 Å². The van der Waals surface area contributed by atoms with E-state index in [-0.39, 0.29) is 40.6 Å². The van der Waals surface area contributed by atoms with Gasteiger partial charge in [-0.2, -0.15) is 8.42 Å². The first-order valence-corrected chi connectivity index (χ1v) is 13.2. The van der Waals surface area contributed by atoms with E-state index >= 15 is 0 Å². The second kappa shape index (κ2) is 14.8. The Kier molecular flexibility index (Phi) is 13.2. The highest BCUT2D eigenvalue weighted by molar-refractivity contribution is 7.88. The Hall–Kier alpha value is -1.83. The largest absolute Gasteiger partial charge is 0.379 e. The van der Waals surface area contributed by atoms with Crippen molar-refractivity contribution in [2.24, 2.45) is 5.73 Å². The molecule has 1 unspecified atom stereocenters. The molecule has 4 N–H and O–H groups in total. The van der Waals surface area contributed by atoms with Gasteiger partial charge in [-0.15, -0.1) is 36.2 Å². The summed E-state index contributed by atoms with van der Waals surface area (Å²) >= 11 is 0.972. The summed E-state index contributed by atoms with van der Waals surface area (Å²) in [5, 5.41) is 0. The van der Waals surface area contributed by atoms with Crippen LogP contribution in [0.2, 0.25) is 0 Å². The number of thiophene rings is 1. The Morgan fingerprint density at radius 2 is 1.94 bits per heavy atom. The third kappa shape index (κ3) is 8.35. The van der Waals surface area contributed by atoms with Crippen LogP contribution < -0.4 is 11.3 Å². The van der Waals surface area contributed by atoms with E-state index in [0.717, 1.165) is 43.2 Å². The van der Waals surface area contributed by atoms with E-state index < -0.39 is 10.1 Å². The minimum Gasteiger partial charge on any atom is -0.379 e. The maximum Gasteiger partial charge on any atom is 0.304 e. The van der Waals surface area contributed by atoms with Crippen molar-refractivity contribution in [1.29, 1.82) is 0 Å². The zero-order chi connectivity index (χ0) is 24.7. The molecule has 9 nitrogen and oxygen atoms in total. The standard InChI is InChI=1S/C12H13NO4S2.C11H17N3O.2ClH/c1-3-8-6-9(7(2)13-12(8)14)10-4-5-11(18-10)19(15,16)17;12-8-11(10-2-1-3-13-9-10)14-4-6-15-7-5-14;;/h4-6H,3H2,1-2H3,(H,13,14)(H,15,16,17);1-3,9,11H,4-8,12H2;2*1H. The summed E-state index contributed by atoms with van der Waals surface area (Å²) < 4.78 is 36.3. The lowest BCUT2D eigenvalue weighted by Gasteiger charge is -2.33. The number of halogens is 2. The Balaban J connectivity index is 0.000000349. The lowest BCUT2D eigenvalue weighted by atomic mass is 10.1. The third-order valence-corrected chi connectivity index (χ3v) is 8.02. The molecule has 1 atom stereocenters. The second-order valence-electron chi connectivity index (χ2n) is 7.80. The lowest BCUT2D eigenvalue weighted by molar-refractivity contribution is 0.0178. The average Bonchev–Trinajstić information content (AvgIpc) is 3.32. The number of H-pyrrole nitrogens is 1. The first-order chi connectivity index (χ1) is 16.2. The van der Waals surface area contributed by atoms with Crippen LogP contribution in [0.25, 0.3) is 10.4 Å². The van der Waals surface area contributed by atoms with Gasteiger partial charge in [0.1, 0.15) is 4.21 Å². The molecular weight excluding hydrogens is 547 g/mol. The summed E-state index contributed by atoms with van der Waals surface area (Å²) in [6.07, 6.45) is 4.28. The van der Waals surface area contributed by atoms with Gasteiger partial charge in [-0.05, 0) is 43.2 Å². The molecule has 200 valence electrons. The summed E-state index contributed by atoms with van der Waals surface area (Å²) in [7, 11) is -4.18. The van der Waals surface area contributed by atoms with Crippen LogP contribution in [0.3, 0.4) is 0 Å². The van der Waals surface area contributed by atoms with Gasteiger partial charge in [0.25, 0.3) is 5.56 Å². The van der Waals surface area contributed by atoms with Crippen molar-refractivity contribution in [1.82, 2.24) is 14.9 Å². The monoisotopic (exact) mass is 578 g/mol. The predicted molar refractivity (Wildman–Crippen MR) is 147 cm³/mol. The number of hydrogen-bond acceptors (Lipinski definition) is 8. The van der Waals surface area contributed by atoms with Gasteiger partial charge in [0, 0.05) is 59.8 Å². The molecule has 1 aliphatic heterocycles. The fraction of sp³-hybridized carbons (Fsp3) is 0.391. The first kappa shape index (κ1) is 32.2. The maximum atomic E-state index is 11.6. The molecule has 0 radical (unpaired) electrons. The fourth-order valence-electron chi connectivity index (χ4n) is 3.75. The van der Waals surface area contributed by atoms with Gasteiger partial charge in [0.05, 0.1) is 13.2 Å². The van der Waals surface area contributed by atoms with Crippen LogP contribution in [0.15, 0.2) is 51.7 Å². The molecule has 0 bridgehead atoms. The normalized spacial score (nSPS) is 14.6. The van der Waals surface area contributed by atoms with Crippen molar-refractivity contribution in [3.05, 3.63) is 69.9 Å². The van der Waals surface area contributed by atoms with E-state index in [1.54, 1.807) is 25.3 Å². The number of aromatic nitrogens is 2. The predicted octanol–water partition coefficient (Wildman–Crippen LogP) is 3.48. The van der Waals surface area contributed by atoms with Crippen LogP contribution in [0.1, 0.15) is 29.8 Å². The molecule has 0 saturated carbocycles. The second-order valence-corrected chi connectivity index (χ2v) is 10.5. The van der Waals surface area contributed by atoms with Crippen LogP contribution in [-0.4, -0.2) is 60.7 Å². The molecule has 4 heterocycles. The highest BCUT2D eigenvalue weighted by Gasteiger charge is 2.21. The number of nitrogens with zero attached hydrogens (tertiary/aromatic N) is 2. The van der Waals surface area contributed by atoms with Gasteiger partial charge in [0.2, 0.25) is 0 Å². The van der Waals surface area contributed by atoms with Crippen LogP contribution >= 0.6 is 36.2 Å². The molecule has 0 aromatic carbocycles. The van der Waals surface area contributed by atoms with Crippen molar-refractivity contribution < 1.29 is 17.7 Å². The molecule has 0 aliphatic carbocycles. The number of hydrogen-bond donors (Lipinski definition) is 3. The number of nitrogens with one attached hydrogen (secondary N) is 1. The quantitative estimate of drug-likeness (QED) is 0.378. The number of ether oxygens (including phenoxy) is 1. The molecule has 1 fully saturated rings. The van der Waals surface area contributed by atoms with E-state index in [2.05, 4.69) is 20.9 Å². The number of pyridine rings is 2. The van der Waals surface area contributed by atoms with Gasteiger partial charge in [-0.3, -0.25) is 19.2 Å². The van der Waals surface area contributed by atoms with E-state index in [9.17, 15) is 13.2 Å². The number of aryl methyl sites for hydroxylation is 2. The Bertz CT molecular complexity index is 1250. The number of aromatic amines is 1. The smallest absolute Gasteiger partial charge is 0.304 e. The molecule has 4 rings (SSSR count). The molecule has 0 spiro atoms. The van der Waals surface area contributed by atoms with Crippen molar-refractivity contribution in [2.75, 3.05) is 32.8 Å². The lowest BCUT2D eigenvalue weighted by Crippen LogP contribution is -2.41. The summed E-state index contributed by atoms with van der Waals surface area (Å²) in [5.41, 5.74) is 8.98. The highest BCUT2D eigenvalue weighted by atomic mass is 35.5.